The predicted octanol–water partition coefficient (Wildman–Crippen LogP) is 2.93. The van der Waals surface area contributed by atoms with Crippen molar-refractivity contribution >= 4 is 18.0 Å². The highest BCUT2D eigenvalue weighted by atomic mass is 16.6. The van der Waals surface area contributed by atoms with E-state index in [1.807, 2.05) is 24.3 Å². The van der Waals surface area contributed by atoms with E-state index >= 15 is 0 Å². The van der Waals surface area contributed by atoms with Gasteiger partial charge in [-0.25, -0.2) is 9.59 Å². The first-order valence-electron chi connectivity index (χ1n) is 11.5. The standard InChI is InChI=1S/C26H26N2O6/c29-24(28-12-9-16(10-13-28)25(30)31)23-22(11-14-33-23)27-26(32)34-15-21-19-7-3-1-5-17(19)18-6-2-4-8-20(18)21/h1-9,21-23H,10-15H2,(H,27,32)(H,30,31)/t22-,23+/m1/s1. The topological polar surface area (TPSA) is 105 Å². The van der Waals surface area contributed by atoms with Crippen LogP contribution in [0.15, 0.2) is 60.2 Å². The molecular formula is C26H26N2O6. The van der Waals surface area contributed by atoms with Gasteiger partial charge < -0.3 is 24.8 Å². The maximum atomic E-state index is 12.9. The molecule has 0 spiro atoms. The maximum Gasteiger partial charge on any atom is 0.407 e. The average molecular weight is 463 g/mol. The van der Waals surface area contributed by atoms with E-state index in [1.165, 1.54) is 0 Å². The minimum absolute atomic E-state index is 0.0426. The van der Waals surface area contributed by atoms with Gasteiger partial charge in [0.2, 0.25) is 0 Å². The van der Waals surface area contributed by atoms with Gasteiger partial charge in [0.25, 0.3) is 5.91 Å². The van der Waals surface area contributed by atoms with Gasteiger partial charge in [0, 0.05) is 31.2 Å². The molecule has 2 amide bonds. The quantitative estimate of drug-likeness (QED) is 0.708. The van der Waals surface area contributed by atoms with Crippen LogP contribution in [0.4, 0.5) is 4.79 Å². The van der Waals surface area contributed by atoms with Crippen LogP contribution < -0.4 is 5.32 Å². The molecule has 2 atom stereocenters. The van der Waals surface area contributed by atoms with Crippen LogP contribution in [0.1, 0.15) is 29.9 Å². The summed E-state index contributed by atoms with van der Waals surface area (Å²) in [4.78, 5) is 38.3. The summed E-state index contributed by atoms with van der Waals surface area (Å²) in [6.45, 7) is 1.09. The molecule has 34 heavy (non-hydrogen) atoms. The molecule has 176 valence electrons. The molecule has 1 fully saturated rings. The lowest BCUT2D eigenvalue weighted by Gasteiger charge is -2.29. The Morgan fingerprint density at radius 3 is 2.35 bits per heavy atom. The number of rotatable bonds is 5. The zero-order chi connectivity index (χ0) is 23.7. The van der Waals surface area contributed by atoms with Crippen LogP contribution in [0.5, 0.6) is 0 Å². The lowest BCUT2D eigenvalue weighted by Crippen LogP contribution is -2.50. The first-order chi connectivity index (χ1) is 16.5. The molecule has 3 aliphatic rings. The Morgan fingerprint density at radius 1 is 1.06 bits per heavy atom. The number of amides is 2. The minimum atomic E-state index is -0.959. The van der Waals surface area contributed by atoms with E-state index in [0.717, 1.165) is 22.3 Å². The summed E-state index contributed by atoms with van der Waals surface area (Å²) in [5.74, 6) is -1.25. The summed E-state index contributed by atoms with van der Waals surface area (Å²) in [6.07, 6.45) is 0.956. The Morgan fingerprint density at radius 2 is 1.74 bits per heavy atom. The monoisotopic (exact) mass is 462 g/mol. The van der Waals surface area contributed by atoms with Crippen LogP contribution >= 0.6 is 0 Å². The number of hydrogen-bond donors (Lipinski definition) is 2. The van der Waals surface area contributed by atoms with Crippen LogP contribution in [0, 0.1) is 0 Å². The third-order valence-corrected chi connectivity index (χ3v) is 6.78. The molecule has 0 unspecified atom stereocenters. The lowest BCUT2D eigenvalue weighted by atomic mass is 9.98. The number of hydrogen-bond acceptors (Lipinski definition) is 5. The molecule has 2 N–H and O–H groups in total. The predicted molar refractivity (Wildman–Crippen MR) is 123 cm³/mol. The normalized spacial score (nSPS) is 21.4. The smallest absolute Gasteiger partial charge is 0.407 e. The van der Waals surface area contributed by atoms with Crippen LogP contribution in [0.3, 0.4) is 0 Å². The number of alkyl carbamates (subject to hydrolysis) is 1. The van der Waals surface area contributed by atoms with Gasteiger partial charge in [-0.1, -0.05) is 54.6 Å². The Balaban J connectivity index is 1.20. The molecule has 2 aromatic carbocycles. The van der Waals surface area contributed by atoms with E-state index in [-0.39, 0.29) is 31.4 Å². The Kier molecular flexibility index (Phi) is 6.06. The Hall–Kier alpha value is -3.65. The number of carbonyl (C=O) groups excluding carboxylic acids is 2. The second-order valence-corrected chi connectivity index (χ2v) is 8.73. The van der Waals surface area contributed by atoms with Crippen molar-refractivity contribution in [3.63, 3.8) is 0 Å². The largest absolute Gasteiger partial charge is 0.478 e. The summed E-state index contributed by atoms with van der Waals surface area (Å²) in [6, 6.07) is 15.8. The van der Waals surface area contributed by atoms with Crippen LogP contribution in [-0.2, 0) is 19.1 Å². The average Bonchev–Trinajstić information content (AvgIpc) is 3.45. The highest BCUT2D eigenvalue weighted by Gasteiger charge is 2.39. The second-order valence-electron chi connectivity index (χ2n) is 8.73. The molecule has 0 saturated carbocycles. The Labute approximate surface area is 197 Å². The number of nitrogens with zero attached hydrogens (tertiary/aromatic N) is 1. The minimum Gasteiger partial charge on any atom is -0.478 e. The molecule has 0 bridgehead atoms. The SMILES string of the molecule is O=C(N[C@@H]1CCO[C@@H]1C(=O)N1CC=C(C(=O)O)CC1)OCC1c2ccccc2-c2ccccc21. The number of fused-ring (bicyclic) bond motifs is 3. The van der Waals surface area contributed by atoms with Gasteiger partial charge in [-0.2, -0.15) is 0 Å². The number of carbonyl (C=O) groups is 3. The molecule has 8 heteroatoms. The summed E-state index contributed by atoms with van der Waals surface area (Å²) in [5, 5.41) is 11.9. The van der Waals surface area contributed by atoms with Crippen LogP contribution in [0.2, 0.25) is 0 Å². The summed E-state index contributed by atoms with van der Waals surface area (Å²) in [5.41, 5.74) is 4.89. The van der Waals surface area contributed by atoms with E-state index in [4.69, 9.17) is 14.6 Å². The Bertz CT molecular complexity index is 1110. The first-order valence-corrected chi connectivity index (χ1v) is 11.5. The summed E-state index contributed by atoms with van der Waals surface area (Å²) >= 11 is 0. The zero-order valence-corrected chi connectivity index (χ0v) is 18.6. The van der Waals surface area contributed by atoms with Crippen LogP contribution in [-0.4, -0.2) is 66.4 Å². The van der Waals surface area contributed by atoms with Crippen molar-refractivity contribution in [2.45, 2.75) is 30.9 Å². The van der Waals surface area contributed by atoms with Crippen LogP contribution in [0.25, 0.3) is 11.1 Å². The van der Waals surface area contributed by atoms with Crippen molar-refractivity contribution in [2.75, 3.05) is 26.3 Å². The molecule has 0 aromatic heterocycles. The molecule has 2 aliphatic heterocycles. The highest BCUT2D eigenvalue weighted by molar-refractivity contribution is 5.88. The van der Waals surface area contributed by atoms with E-state index in [0.29, 0.717) is 25.1 Å². The van der Waals surface area contributed by atoms with Gasteiger partial charge in [-0.05, 0) is 35.1 Å². The van der Waals surface area contributed by atoms with Gasteiger partial charge in [-0.15, -0.1) is 0 Å². The van der Waals surface area contributed by atoms with Gasteiger partial charge in [0.05, 0.1) is 6.04 Å². The first kappa shape index (κ1) is 22.2. The molecular weight excluding hydrogens is 436 g/mol. The van der Waals surface area contributed by atoms with Crippen molar-refractivity contribution in [1.29, 1.82) is 0 Å². The van der Waals surface area contributed by atoms with Crippen molar-refractivity contribution in [3.05, 3.63) is 71.3 Å². The van der Waals surface area contributed by atoms with Crippen molar-refractivity contribution < 1.29 is 29.0 Å². The number of carboxylic acid groups (broad SMARTS) is 1. The van der Waals surface area contributed by atoms with Gasteiger partial charge >= 0.3 is 12.1 Å². The second kappa shape index (κ2) is 9.30. The molecule has 1 saturated heterocycles. The number of ether oxygens (including phenoxy) is 2. The van der Waals surface area contributed by atoms with Crippen molar-refractivity contribution in [2.24, 2.45) is 0 Å². The van der Waals surface area contributed by atoms with Gasteiger partial charge in [-0.3, -0.25) is 4.79 Å². The number of benzene rings is 2. The third kappa shape index (κ3) is 4.17. The fourth-order valence-corrected chi connectivity index (χ4v) is 5.02. The van der Waals surface area contributed by atoms with E-state index < -0.39 is 24.2 Å². The fourth-order valence-electron chi connectivity index (χ4n) is 5.02. The molecule has 0 radical (unpaired) electrons. The van der Waals surface area contributed by atoms with Gasteiger partial charge in [0.1, 0.15) is 6.61 Å². The molecule has 2 heterocycles. The molecule has 5 rings (SSSR count). The van der Waals surface area contributed by atoms with Crippen molar-refractivity contribution in [3.8, 4) is 11.1 Å². The molecule has 2 aromatic rings. The molecule has 8 nitrogen and oxygen atoms in total. The number of aliphatic carboxylic acids is 1. The maximum absolute atomic E-state index is 12.9. The summed E-state index contributed by atoms with van der Waals surface area (Å²) in [7, 11) is 0. The lowest BCUT2D eigenvalue weighted by molar-refractivity contribution is -0.142. The van der Waals surface area contributed by atoms with E-state index in [2.05, 4.69) is 29.6 Å². The number of carboxylic acids is 1. The third-order valence-electron chi connectivity index (χ3n) is 6.78. The molecule has 1 aliphatic carbocycles. The number of nitrogens with one attached hydrogen (secondary N) is 1. The fraction of sp³-hybridized carbons (Fsp3) is 0.346. The van der Waals surface area contributed by atoms with Crippen molar-refractivity contribution in [1.82, 2.24) is 10.2 Å². The highest BCUT2D eigenvalue weighted by Crippen LogP contribution is 2.44. The van der Waals surface area contributed by atoms with E-state index in [9.17, 15) is 14.4 Å². The zero-order valence-electron chi connectivity index (χ0n) is 18.6. The van der Waals surface area contributed by atoms with Gasteiger partial charge in [0.15, 0.2) is 6.10 Å². The van der Waals surface area contributed by atoms with E-state index in [1.54, 1.807) is 11.0 Å². The summed E-state index contributed by atoms with van der Waals surface area (Å²) < 4.78 is 11.2.